The fourth-order valence-corrected chi connectivity index (χ4v) is 3.66. The standard InChI is InChI=1S/C22H17N3O3S/c23-15-18(22(26)24-12-11-16-5-2-1-3-6-16)14-20-9-10-21(29-20)17-7-4-8-19(13-17)25(27)28/h1-10,13-14H,11-12H2,(H,24,26)/b18-14+. The van der Waals surface area contributed by atoms with Crippen molar-refractivity contribution < 1.29 is 9.72 Å². The number of nitriles is 1. The van der Waals surface area contributed by atoms with E-state index < -0.39 is 10.8 Å². The quantitative estimate of drug-likeness (QED) is 0.270. The van der Waals surface area contributed by atoms with Crippen LogP contribution in [0.3, 0.4) is 0 Å². The molecule has 0 radical (unpaired) electrons. The molecule has 6 nitrogen and oxygen atoms in total. The summed E-state index contributed by atoms with van der Waals surface area (Å²) in [6.07, 6.45) is 2.21. The molecule has 0 aliphatic rings. The second-order valence-corrected chi connectivity index (χ2v) is 7.29. The van der Waals surface area contributed by atoms with Gasteiger partial charge in [0.25, 0.3) is 11.6 Å². The van der Waals surface area contributed by atoms with E-state index in [4.69, 9.17) is 0 Å². The highest BCUT2D eigenvalue weighted by Crippen LogP contribution is 2.31. The number of nitrogens with one attached hydrogen (secondary N) is 1. The summed E-state index contributed by atoms with van der Waals surface area (Å²) in [4.78, 5) is 24.3. The summed E-state index contributed by atoms with van der Waals surface area (Å²) in [5.41, 5.74) is 1.86. The summed E-state index contributed by atoms with van der Waals surface area (Å²) < 4.78 is 0. The van der Waals surface area contributed by atoms with Gasteiger partial charge >= 0.3 is 0 Å². The van der Waals surface area contributed by atoms with Crippen LogP contribution in [0.4, 0.5) is 5.69 Å². The highest BCUT2D eigenvalue weighted by atomic mass is 32.1. The number of hydrogen-bond acceptors (Lipinski definition) is 5. The van der Waals surface area contributed by atoms with E-state index in [9.17, 15) is 20.2 Å². The number of nitro groups is 1. The molecule has 0 bridgehead atoms. The van der Waals surface area contributed by atoms with E-state index in [0.29, 0.717) is 13.0 Å². The Balaban J connectivity index is 1.68. The number of amides is 1. The van der Waals surface area contributed by atoms with Crippen LogP contribution in [-0.4, -0.2) is 17.4 Å². The van der Waals surface area contributed by atoms with Gasteiger partial charge in [0.15, 0.2) is 0 Å². The normalized spacial score (nSPS) is 10.9. The average molecular weight is 403 g/mol. The minimum absolute atomic E-state index is 0.0171. The number of hydrogen-bond donors (Lipinski definition) is 1. The van der Waals surface area contributed by atoms with E-state index >= 15 is 0 Å². The number of thiophene rings is 1. The highest BCUT2D eigenvalue weighted by molar-refractivity contribution is 7.16. The van der Waals surface area contributed by atoms with Gasteiger partial charge in [-0.05, 0) is 35.8 Å². The molecule has 3 aromatic rings. The molecule has 0 fully saturated rings. The molecular weight excluding hydrogens is 386 g/mol. The summed E-state index contributed by atoms with van der Waals surface area (Å²) >= 11 is 1.36. The molecule has 144 valence electrons. The van der Waals surface area contributed by atoms with Gasteiger partial charge in [-0.1, -0.05) is 42.5 Å². The Labute approximate surface area is 171 Å². The predicted molar refractivity (Wildman–Crippen MR) is 113 cm³/mol. The summed E-state index contributed by atoms with van der Waals surface area (Å²) in [5.74, 6) is -0.422. The fourth-order valence-electron chi connectivity index (χ4n) is 2.71. The summed E-state index contributed by atoms with van der Waals surface area (Å²) in [6, 6.07) is 21.7. The lowest BCUT2D eigenvalue weighted by atomic mass is 10.1. The Morgan fingerprint density at radius 2 is 1.93 bits per heavy atom. The van der Waals surface area contributed by atoms with Crippen molar-refractivity contribution in [2.75, 3.05) is 6.54 Å². The molecule has 1 aromatic heterocycles. The first-order valence-corrected chi connectivity index (χ1v) is 9.67. The van der Waals surface area contributed by atoms with Gasteiger partial charge in [0.05, 0.1) is 4.92 Å². The molecule has 0 saturated carbocycles. The topological polar surface area (TPSA) is 96.0 Å². The molecule has 7 heteroatoms. The third kappa shape index (κ3) is 5.37. The van der Waals surface area contributed by atoms with Crippen LogP contribution in [-0.2, 0) is 11.2 Å². The summed E-state index contributed by atoms with van der Waals surface area (Å²) in [5, 5.41) is 23.1. The number of non-ortho nitro benzene ring substituents is 1. The lowest BCUT2D eigenvalue weighted by Crippen LogP contribution is -2.26. The maximum atomic E-state index is 12.3. The summed E-state index contributed by atoms with van der Waals surface area (Å²) in [7, 11) is 0. The van der Waals surface area contributed by atoms with Crippen LogP contribution < -0.4 is 5.32 Å². The van der Waals surface area contributed by atoms with Crippen LogP contribution in [0.25, 0.3) is 16.5 Å². The molecule has 1 N–H and O–H groups in total. The molecule has 0 saturated heterocycles. The Kier molecular flexibility index (Phi) is 6.51. The molecule has 3 rings (SSSR count). The molecule has 1 heterocycles. The van der Waals surface area contributed by atoms with Crippen LogP contribution in [0.2, 0.25) is 0 Å². The third-order valence-corrected chi connectivity index (χ3v) is 5.24. The first-order valence-electron chi connectivity index (χ1n) is 8.85. The zero-order chi connectivity index (χ0) is 20.6. The first kappa shape index (κ1) is 20.0. The highest BCUT2D eigenvalue weighted by Gasteiger charge is 2.11. The number of carbonyl (C=O) groups is 1. The summed E-state index contributed by atoms with van der Waals surface area (Å²) in [6.45, 7) is 0.436. The Morgan fingerprint density at radius 3 is 2.66 bits per heavy atom. The molecule has 0 aliphatic heterocycles. The van der Waals surface area contributed by atoms with E-state index in [0.717, 1.165) is 20.9 Å². The molecule has 1 amide bonds. The zero-order valence-electron chi connectivity index (χ0n) is 15.4. The number of rotatable bonds is 7. The van der Waals surface area contributed by atoms with E-state index in [1.54, 1.807) is 18.2 Å². The van der Waals surface area contributed by atoms with Crippen molar-refractivity contribution in [3.63, 3.8) is 0 Å². The van der Waals surface area contributed by atoms with Gasteiger partial charge in [-0.2, -0.15) is 5.26 Å². The maximum Gasteiger partial charge on any atom is 0.270 e. The van der Waals surface area contributed by atoms with Crippen LogP contribution in [0.5, 0.6) is 0 Å². The minimum atomic E-state index is -0.439. The minimum Gasteiger partial charge on any atom is -0.351 e. The zero-order valence-corrected chi connectivity index (χ0v) is 16.2. The third-order valence-electron chi connectivity index (χ3n) is 4.16. The average Bonchev–Trinajstić information content (AvgIpc) is 3.21. The molecule has 0 atom stereocenters. The largest absolute Gasteiger partial charge is 0.351 e. The van der Waals surface area contributed by atoms with Crippen molar-refractivity contribution in [3.8, 4) is 16.5 Å². The number of carbonyl (C=O) groups excluding carboxylic acids is 1. The Bertz CT molecular complexity index is 1100. The van der Waals surface area contributed by atoms with Crippen molar-refractivity contribution in [1.29, 1.82) is 5.26 Å². The van der Waals surface area contributed by atoms with Gasteiger partial charge < -0.3 is 5.32 Å². The van der Waals surface area contributed by atoms with Crippen LogP contribution in [0, 0.1) is 21.4 Å². The van der Waals surface area contributed by atoms with Crippen molar-refractivity contribution >= 4 is 29.0 Å². The predicted octanol–water partition coefficient (Wildman–Crippen LogP) is 4.59. The van der Waals surface area contributed by atoms with Gasteiger partial charge in [0.1, 0.15) is 11.6 Å². The monoisotopic (exact) mass is 403 g/mol. The smallest absolute Gasteiger partial charge is 0.270 e. The Morgan fingerprint density at radius 1 is 1.14 bits per heavy atom. The van der Waals surface area contributed by atoms with E-state index in [1.807, 2.05) is 42.5 Å². The number of nitrogens with zero attached hydrogens (tertiary/aromatic N) is 2. The van der Waals surface area contributed by atoms with Crippen LogP contribution in [0.1, 0.15) is 10.4 Å². The molecule has 0 unspecified atom stereocenters. The Hall–Kier alpha value is -3.76. The second-order valence-electron chi connectivity index (χ2n) is 6.17. The first-order chi connectivity index (χ1) is 14.1. The molecule has 29 heavy (non-hydrogen) atoms. The van der Waals surface area contributed by atoms with Gasteiger partial charge in [0, 0.05) is 28.4 Å². The van der Waals surface area contributed by atoms with Crippen LogP contribution >= 0.6 is 11.3 Å². The molecule has 0 spiro atoms. The number of benzene rings is 2. The second kappa shape index (κ2) is 9.44. The van der Waals surface area contributed by atoms with E-state index in [2.05, 4.69) is 5.32 Å². The van der Waals surface area contributed by atoms with Gasteiger partial charge in [-0.15, -0.1) is 11.3 Å². The molecule has 0 aliphatic carbocycles. The lowest BCUT2D eigenvalue weighted by molar-refractivity contribution is -0.384. The van der Waals surface area contributed by atoms with E-state index in [-0.39, 0.29) is 11.3 Å². The van der Waals surface area contributed by atoms with Gasteiger partial charge in [-0.3, -0.25) is 14.9 Å². The van der Waals surface area contributed by atoms with Gasteiger partial charge in [-0.25, -0.2) is 0 Å². The van der Waals surface area contributed by atoms with Gasteiger partial charge in [0.2, 0.25) is 0 Å². The van der Waals surface area contributed by atoms with E-state index in [1.165, 1.54) is 29.5 Å². The maximum absolute atomic E-state index is 12.3. The van der Waals surface area contributed by atoms with Crippen molar-refractivity contribution in [1.82, 2.24) is 5.32 Å². The SMILES string of the molecule is N#C/C(=C\c1ccc(-c2cccc([N+](=O)[O-])c2)s1)C(=O)NCCc1ccccc1. The number of nitro benzene ring substituents is 1. The molecular formula is C22H17N3O3S. The molecule has 2 aromatic carbocycles. The van der Waals surface area contributed by atoms with Crippen molar-refractivity contribution in [2.45, 2.75) is 6.42 Å². The van der Waals surface area contributed by atoms with Crippen LogP contribution in [0.15, 0.2) is 72.3 Å². The van der Waals surface area contributed by atoms with Crippen molar-refractivity contribution in [2.24, 2.45) is 0 Å². The lowest BCUT2D eigenvalue weighted by Gasteiger charge is -2.04. The van der Waals surface area contributed by atoms with Crippen molar-refractivity contribution in [3.05, 3.63) is 92.9 Å². The fraction of sp³-hybridized carbons (Fsp3) is 0.0909.